The lowest BCUT2D eigenvalue weighted by Gasteiger charge is -2.37. The number of nitrogens with zero attached hydrogens (tertiary/aromatic N) is 4. The Bertz CT molecular complexity index is 880. The molecule has 0 N–H and O–H groups in total. The Morgan fingerprint density at radius 2 is 1.93 bits per heavy atom. The topological polar surface area (TPSA) is 75.2 Å². The van der Waals surface area contributed by atoms with E-state index < -0.39 is 0 Å². The van der Waals surface area contributed by atoms with Gasteiger partial charge in [-0.25, -0.2) is 4.98 Å². The summed E-state index contributed by atoms with van der Waals surface area (Å²) in [6, 6.07) is 11.4. The second-order valence-corrected chi connectivity index (χ2v) is 6.63. The van der Waals surface area contributed by atoms with Crippen molar-refractivity contribution in [3.63, 3.8) is 0 Å². The van der Waals surface area contributed by atoms with Crippen LogP contribution in [0.4, 0.5) is 11.5 Å². The maximum atomic E-state index is 12.8. The third kappa shape index (κ3) is 3.45. The molecule has 2 aromatic rings. The van der Waals surface area contributed by atoms with E-state index in [1.165, 1.54) is 4.90 Å². The number of hydrogen-bond donors (Lipinski definition) is 0. The van der Waals surface area contributed by atoms with Crippen molar-refractivity contribution < 1.29 is 19.1 Å². The van der Waals surface area contributed by atoms with E-state index in [1.54, 1.807) is 30.3 Å². The van der Waals surface area contributed by atoms with Gasteiger partial charge in [0.05, 0.1) is 12.8 Å². The minimum atomic E-state index is -0.257. The van der Waals surface area contributed by atoms with Crippen LogP contribution in [0.3, 0.4) is 0 Å². The molecule has 2 amide bonds. The van der Waals surface area contributed by atoms with E-state index in [9.17, 15) is 9.59 Å². The van der Waals surface area contributed by atoms with Gasteiger partial charge in [-0.1, -0.05) is 12.1 Å². The number of rotatable bonds is 4. The number of ether oxygens (including phenoxy) is 2. The lowest BCUT2D eigenvalue weighted by molar-refractivity contribution is -0.132. The number of pyridine rings is 1. The van der Waals surface area contributed by atoms with E-state index >= 15 is 0 Å². The second kappa shape index (κ2) is 7.75. The van der Waals surface area contributed by atoms with Crippen LogP contribution >= 0.6 is 0 Å². The molecule has 8 nitrogen and oxygen atoms in total. The molecule has 1 aromatic heterocycles. The third-order valence-corrected chi connectivity index (χ3v) is 5.01. The van der Waals surface area contributed by atoms with Crippen molar-refractivity contribution in [2.75, 3.05) is 56.2 Å². The van der Waals surface area contributed by atoms with Crippen LogP contribution in [0.25, 0.3) is 0 Å². The molecule has 8 heteroatoms. The largest absolute Gasteiger partial charge is 0.495 e. The fourth-order valence-corrected chi connectivity index (χ4v) is 3.52. The Labute approximate surface area is 163 Å². The third-order valence-electron chi connectivity index (χ3n) is 5.01. The van der Waals surface area contributed by atoms with Gasteiger partial charge >= 0.3 is 0 Å². The van der Waals surface area contributed by atoms with Gasteiger partial charge in [-0.2, -0.15) is 0 Å². The smallest absolute Gasteiger partial charge is 0.266 e. The van der Waals surface area contributed by atoms with Gasteiger partial charge in [0.1, 0.15) is 12.3 Å². The summed E-state index contributed by atoms with van der Waals surface area (Å²) in [4.78, 5) is 34.7. The van der Waals surface area contributed by atoms with E-state index in [4.69, 9.17) is 9.47 Å². The predicted octanol–water partition coefficient (Wildman–Crippen LogP) is 1.16. The molecular formula is C20H22N4O4. The number of carbonyl (C=O) groups excluding carboxylic acids is 2. The lowest BCUT2D eigenvalue weighted by Crippen LogP contribution is -2.53. The Morgan fingerprint density at radius 1 is 1.14 bits per heavy atom. The molecule has 3 heterocycles. The number of aromatic nitrogens is 1. The SMILES string of the molecule is COc1ccccc1N1CCN(C(=O)CN2C(=O)COc3cccnc32)CC1. The summed E-state index contributed by atoms with van der Waals surface area (Å²) in [6.07, 6.45) is 1.59. The van der Waals surface area contributed by atoms with Gasteiger partial charge in [-0.05, 0) is 24.3 Å². The Kier molecular flexibility index (Phi) is 5.01. The summed E-state index contributed by atoms with van der Waals surface area (Å²) in [5.41, 5.74) is 1.03. The van der Waals surface area contributed by atoms with Gasteiger partial charge in [-0.15, -0.1) is 0 Å². The lowest BCUT2D eigenvalue weighted by atomic mass is 10.2. The molecule has 0 bridgehead atoms. The Hall–Kier alpha value is -3.29. The van der Waals surface area contributed by atoms with Gasteiger partial charge < -0.3 is 19.3 Å². The first kappa shape index (κ1) is 18.1. The molecule has 1 fully saturated rings. The standard InChI is InChI=1S/C20H22N4O4/c1-27-16-6-3-2-5-15(16)22-9-11-23(12-10-22)18(25)13-24-19(26)14-28-17-7-4-8-21-20(17)24/h2-8H,9-14H2,1H3. The number of anilines is 2. The van der Waals surface area contributed by atoms with E-state index in [0.717, 1.165) is 11.4 Å². The highest BCUT2D eigenvalue weighted by Crippen LogP contribution is 2.30. The van der Waals surface area contributed by atoms with Crippen LogP contribution in [0.2, 0.25) is 0 Å². The molecule has 0 aliphatic carbocycles. The summed E-state index contributed by atoms with van der Waals surface area (Å²) >= 11 is 0. The zero-order chi connectivity index (χ0) is 19.5. The molecule has 2 aliphatic heterocycles. The van der Waals surface area contributed by atoms with Crippen molar-refractivity contribution in [2.45, 2.75) is 0 Å². The van der Waals surface area contributed by atoms with Crippen molar-refractivity contribution in [2.24, 2.45) is 0 Å². The van der Waals surface area contributed by atoms with E-state index in [1.807, 2.05) is 24.3 Å². The van der Waals surface area contributed by atoms with Crippen LogP contribution in [0.1, 0.15) is 0 Å². The molecule has 2 aliphatic rings. The van der Waals surface area contributed by atoms with Crippen molar-refractivity contribution in [1.82, 2.24) is 9.88 Å². The van der Waals surface area contributed by atoms with Gasteiger partial charge in [0.15, 0.2) is 18.2 Å². The monoisotopic (exact) mass is 382 g/mol. The van der Waals surface area contributed by atoms with Gasteiger partial charge in [0, 0.05) is 32.4 Å². The van der Waals surface area contributed by atoms with Crippen LogP contribution < -0.4 is 19.3 Å². The number of carbonyl (C=O) groups is 2. The number of piperazine rings is 1. The summed E-state index contributed by atoms with van der Waals surface area (Å²) in [5, 5.41) is 0. The van der Waals surface area contributed by atoms with Gasteiger partial charge in [0.2, 0.25) is 5.91 Å². The maximum absolute atomic E-state index is 12.8. The molecule has 1 aromatic carbocycles. The van der Waals surface area contributed by atoms with E-state index in [2.05, 4.69) is 9.88 Å². The summed E-state index contributed by atoms with van der Waals surface area (Å²) < 4.78 is 10.8. The fourth-order valence-electron chi connectivity index (χ4n) is 3.52. The molecular weight excluding hydrogens is 360 g/mol. The fraction of sp³-hybridized carbons (Fsp3) is 0.350. The number of para-hydroxylation sites is 2. The van der Waals surface area contributed by atoms with Crippen molar-refractivity contribution in [3.8, 4) is 11.5 Å². The number of methoxy groups -OCH3 is 1. The summed E-state index contributed by atoms with van der Waals surface area (Å²) in [5.74, 6) is 1.40. The highest BCUT2D eigenvalue weighted by molar-refractivity contribution is 6.01. The van der Waals surface area contributed by atoms with Crippen LogP contribution in [0, 0.1) is 0 Å². The summed E-state index contributed by atoms with van der Waals surface area (Å²) in [6.45, 7) is 2.49. The van der Waals surface area contributed by atoms with Crippen molar-refractivity contribution >= 4 is 23.3 Å². The molecule has 1 saturated heterocycles. The zero-order valence-corrected chi connectivity index (χ0v) is 15.7. The van der Waals surface area contributed by atoms with Crippen LogP contribution in [0.5, 0.6) is 11.5 Å². The van der Waals surface area contributed by atoms with E-state index in [-0.39, 0.29) is 25.0 Å². The maximum Gasteiger partial charge on any atom is 0.266 e. The van der Waals surface area contributed by atoms with E-state index in [0.29, 0.717) is 37.7 Å². The number of fused-ring (bicyclic) bond motifs is 1. The van der Waals surface area contributed by atoms with Crippen LogP contribution in [0.15, 0.2) is 42.6 Å². The van der Waals surface area contributed by atoms with Crippen LogP contribution in [-0.2, 0) is 9.59 Å². The predicted molar refractivity (Wildman–Crippen MR) is 104 cm³/mol. The normalized spacial score (nSPS) is 16.5. The first-order chi connectivity index (χ1) is 13.7. The molecule has 0 spiro atoms. The molecule has 4 rings (SSSR count). The Morgan fingerprint density at radius 3 is 2.71 bits per heavy atom. The first-order valence-corrected chi connectivity index (χ1v) is 9.21. The van der Waals surface area contributed by atoms with Gasteiger partial charge in [-0.3, -0.25) is 14.5 Å². The molecule has 0 unspecified atom stereocenters. The zero-order valence-electron chi connectivity index (χ0n) is 15.7. The first-order valence-electron chi connectivity index (χ1n) is 9.21. The van der Waals surface area contributed by atoms with Crippen molar-refractivity contribution in [3.05, 3.63) is 42.6 Å². The van der Waals surface area contributed by atoms with Crippen molar-refractivity contribution in [1.29, 1.82) is 0 Å². The average Bonchev–Trinajstić information content (AvgIpc) is 2.75. The number of hydrogen-bond acceptors (Lipinski definition) is 6. The van der Waals surface area contributed by atoms with Gasteiger partial charge in [0.25, 0.3) is 5.91 Å². The molecule has 0 atom stereocenters. The molecule has 28 heavy (non-hydrogen) atoms. The number of amides is 2. The summed E-state index contributed by atoms with van der Waals surface area (Å²) in [7, 11) is 1.66. The minimum absolute atomic E-state index is 0.0269. The Balaban J connectivity index is 1.40. The highest BCUT2D eigenvalue weighted by atomic mass is 16.5. The molecule has 146 valence electrons. The molecule has 0 radical (unpaired) electrons. The minimum Gasteiger partial charge on any atom is -0.495 e. The molecule has 0 saturated carbocycles. The van der Waals surface area contributed by atoms with Crippen LogP contribution in [-0.4, -0.2) is 68.1 Å². The number of benzene rings is 1. The second-order valence-electron chi connectivity index (χ2n) is 6.63. The highest BCUT2D eigenvalue weighted by Gasteiger charge is 2.31. The average molecular weight is 382 g/mol. The quantitative estimate of drug-likeness (QED) is 0.790.